The Morgan fingerprint density at radius 1 is 1.31 bits per heavy atom. The van der Waals surface area contributed by atoms with Gasteiger partial charge in [-0.25, -0.2) is 9.97 Å². The first-order chi connectivity index (χ1) is 17.4. The summed E-state index contributed by atoms with van der Waals surface area (Å²) in [5.74, 6) is 1.03. The Morgan fingerprint density at radius 2 is 2.08 bits per heavy atom. The number of halogens is 1. The number of amides is 1. The number of nitrogens with two attached hydrogens (primary N) is 1. The summed E-state index contributed by atoms with van der Waals surface area (Å²) < 4.78 is 11.2. The number of morpholine rings is 1. The van der Waals surface area contributed by atoms with E-state index < -0.39 is 0 Å². The zero-order chi connectivity index (χ0) is 25.7. The molecule has 3 N–H and O–H groups in total. The van der Waals surface area contributed by atoms with Crippen LogP contribution in [0.25, 0.3) is 11.1 Å². The monoisotopic (exact) mass is 507 g/mol. The molecule has 1 aliphatic heterocycles. The van der Waals surface area contributed by atoms with Gasteiger partial charge in [0.2, 0.25) is 0 Å². The SMILES string of the molecule is COc1c(CCNc2ncnc(N)c2C#N)cc(Cl)c(C)c1-c1cncc(C(=O)N2CCOCC2)c1. The van der Waals surface area contributed by atoms with Crippen molar-refractivity contribution in [1.82, 2.24) is 19.9 Å². The third-order valence-corrected chi connectivity index (χ3v) is 6.40. The summed E-state index contributed by atoms with van der Waals surface area (Å²) in [5, 5.41) is 13.0. The molecule has 1 aliphatic rings. The summed E-state index contributed by atoms with van der Waals surface area (Å²) >= 11 is 6.62. The van der Waals surface area contributed by atoms with Crippen LogP contribution in [-0.2, 0) is 11.2 Å². The second kappa shape index (κ2) is 11.2. The highest BCUT2D eigenvalue weighted by Gasteiger charge is 2.22. The quantitative estimate of drug-likeness (QED) is 0.493. The third kappa shape index (κ3) is 5.17. The number of benzene rings is 1. The van der Waals surface area contributed by atoms with Gasteiger partial charge in [-0.15, -0.1) is 0 Å². The van der Waals surface area contributed by atoms with E-state index in [0.29, 0.717) is 61.4 Å². The Morgan fingerprint density at radius 3 is 2.81 bits per heavy atom. The number of methoxy groups -OCH3 is 1. The fourth-order valence-corrected chi connectivity index (χ4v) is 4.37. The van der Waals surface area contributed by atoms with Crippen LogP contribution in [0.4, 0.5) is 11.6 Å². The van der Waals surface area contributed by atoms with Crippen LogP contribution < -0.4 is 15.8 Å². The minimum absolute atomic E-state index is 0.0897. The number of nitriles is 1. The summed E-state index contributed by atoms with van der Waals surface area (Å²) in [4.78, 5) is 27.1. The van der Waals surface area contributed by atoms with Crippen molar-refractivity contribution in [3.8, 4) is 22.9 Å². The van der Waals surface area contributed by atoms with E-state index in [0.717, 1.165) is 22.3 Å². The molecule has 2 aromatic heterocycles. The van der Waals surface area contributed by atoms with E-state index in [1.165, 1.54) is 6.33 Å². The van der Waals surface area contributed by atoms with Gasteiger partial charge in [0, 0.05) is 48.2 Å². The Hall–Kier alpha value is -3.94. The minimum Gasteiger partial charge on any atom is -0.496 e. The van der Waals surface area contributed by atoms with Crippen molar-refractivity contribution in [2.75, 3.05) is 51.0 Å². The number of anilines is 2. The lowest BCUT2D eigenvalue weighted by Crippen LogP contribution is -2.40. The Labute approximate surface area is 214 Å². The minimum atomic E-state index is -0.0897. The maximum Gasteiger partial charge on any atom is 0.255 e. The largest absolute Gasteiger partial charge is 0.496 e. The molecule has 1 saturated heterocycles. The molecular weight excluding hydrogens is 482 g/mol. The lowest BCUT2D eigenvalue weighted by molar-refractivity contribution is 0.0302. The van der Waals surface area contributed by atoms with Crippen LogP contribution >= 0.6 is 11.6 Å². The number of nitrogens with zero attached hydrogens (tertiary/aromatic N) is 5. The van der Waals surface area contributed by atoms with E-state index in [9.17, 15) is 10.1 Å². The highest BCUT2D eigenvalue weighted by atomic mass is 35.5. The van der Waals surface area contributed by atoms with Gasteiger partial charge in [0.15, 0.2) is 0 Å². The number of nitrogens with one attached hydrogen (secondary N) is 1. The summed E-state index contributed by atoms with van der Waals surface area (Å²) in [7, 11) is 1.60. The highest BCUT2D eigenvalue weighted by molar-refractivity contribution is 6.32. The molecule has 36 heavy (non-hydrogen) atoms. The number of aromatic nitrogens is 3. The fraction of sp³-hybridized carbons (Fsp3) is 0.320. The first kappa shape index (κ1) is 25.2. The molecule has 0 atom stereocenters. The predicted octanol–water partition coefficient (Wildman–Crippen LogP) is 3.09. The van der Waals surface area contributed by atoms with E-state index in [1.807, 2.05) is 25.1 Å². The number of nitrogen functional groups attached to an aromatic ring is 1. The molecule has 0 aliphatic carbocycles. The number of rotatable bonds is 7. The summed E-state index contributed by atoms with van der Waals surface area (Å²) in [6, 6.07) is 5.69. The lowest BCUT2D eigenvalue weighted by Gasteiger charge is -2.27. The first-order valence-electron chi connectivity index (χ1n) is 11.4. The molecule has 0 spiro atoms. The van der Waals surface area contributed by atoms with Crippen molar-refractivity contribution < 1.29 is 14.3 Å². The second-order valence-corrected chi connectivity index (χ2v) is 8.60. The molecule has 4 rings (SSSR count). The van der Waals surface area contributed by atoms with Gasteiger partial charge in [-0.3, -0.25) is 9.78 Å². The molecule has 1 amide bonds. The van der Waals surface area contributed by atoms with Gasteiger partial charge < -0.3 is 25.4 Å². The standard InChI is InChI=1S/C25H26ClN7O3/c1-15-20(26)10-16(3-4-30-24-19(11-27)23(28)31-14-32-24)22(35-2)21(15)17-9-18(13-29-12-17)25(34)33-5-7-36-8-6-33/h9-10,12-14H,3-8H2,1-2H3,(H3,28,30,31,32). The fourth-order valence-electron chi connectivity index (χ4n) is 4.15. The summed E-state index contributed by atoms with van der Waals surface area (Å²) in [6.07, 6.45) is 5.09. The van der Waals surface area contributed by atoms with Crippen LogP contribution in [0.2, 0.25) is 5.02 Å². The maximum absolute atomic E-state index is 13.0. The smallest absolute Gasteiger partial charge is 0.255 e. The molecule has 3 aromatic rings. The molecule has 1 aromatic carbocycles. The molecule has 11 heteroatoms. The van der Waals surface area contributed by atoms with Crippen molar-refractivity contribution in [3.05, 3.63) is 58.1 Å². The van der Waals surface area contributed by atoms with Gasteiger partial charge in [0.05, 0.1) is 25.9 Å². The number of pyridine rings is 1. The predicted molar refractivity (Wildman–Crippen MR) is 136 cm³/mol. The maximum atomic E-state index is 13.0. The lowest BCUT2D eigenvalue weighted by atomic mass is 9.95. The zero-order valence-electron chi connectivity index (χ0n) is 20.0. The van der Waals surface area contributed by atoms with E-state index in [2.05, 4.69) is 20.3 Å². The van der Waals surface area contributed by atoms with Gasteiger partial charge in [0.1, 0.15) is 35.3 Å². The molecule has 0 radical (unpaired) electrons. The average molecular weight is 508 g/mol. The van der Waals surface area contributed by atoms with Gasteiger partial charge in [-0.05, 0) is 36.6 Å². The van der Waals surface area contributed by atoms with Gasteiger partial charge >= 0.3 is 0 Å². The van der Waals surface area contributed by atoms with Crippen molar-refractivity contribution in [2.45, 2.75) is 13.3 Å². The van der Waals surface area contributed by atoms with Crippen molar-refractivity contribution >= 4 is 29.1 Å². The zero-order valence-corrected chi connectivity index (χ0v) is 20.8. The van der Waals surface area contributed by atoms with Gasteiger partial charge in [-0.2, -0.15) is 5.26 Å². The van der Waals surface area contributed by atoms with Crippen molar-refractivity contribution in [3.63, 3.8) is 0 Å². The van der Waals surface area contributed by atoms with Crippen LogP contribution in [0.5, 0.6) is 5.75 Å². The third-order valence-electron chi connectivity index (χ3n) is 6.00. The number of ether oxygens (including phenoxy) is 2. The Bertz CT molecular complexity index is 1320. The number of carbonyl (C=O) groups excluding carboxylic acids is 1. The molecule has 0 saturated carbocycles. The molecule has 0 bridgehead atoms. The Balaban J connectivity index is 1.63. The van der Waals surface area contributed by atoms with Crippen LogP contribution in [0.3, 0.4) is 0 Å². The van der Waals surface area contributed by atoms with Gasteiger partial charge in [-0.1, -0.05) is 11.6 Å². The summed E-state index contributed by atoms with van der Waals surface area (Å²) in [6.45, 7) is 4.48. The molecule has 3 heterocycles. The number of carbonyl (C=O) groups is 1. The van der Waals surface area contributed by atoms with E-state index in [4.69, 9.17) is 26.8 Å². The second-order valence-electron chi connectivity index (χ2n) is 8.19. The van der Waals surface area contributed by atoms with Crippen LogP contribution in [-0.4, -0.2) is 65.7 Å². The highest BCUT2D eigenvalue weighted by Crippen LogP contribution is 2.40. The molecule has 0 unspecified atom stereocenters. The van der Waals surface area contributed by atoms with Crippen LogP contribution in [0.1, 0.15) is 27.0 Å². The summed E-state index contributed by atoms with van der Waals surface area (Å²) in [5.41, 5.74) is 9.63. The number of hydrogen-bond donors (Lipinski definition) is 2. The average Bonchev–Trinajstić information content (AvgIpc) is 2.90. The van der Waals surface area contributed by atoms with Crippen LogP contribution in [0.15, 0.2) is 30.9 Å². The van der Waals surface area contributed by atoms with E-state index in [1.54, 1.807) is 24.4 Å². The normalized spacial score (nSPS) is 13.2. The van der Waals surface area contributed by atoms with E-state index in [-0.39, 0.29) is 17.3 Å². The van der Waals surface area contributed by atoms with Crippen molar-refractivity contribution in [1.29, 1.82) is 5.26 Å². The molecule has 186 valence electrons. The topological polar surface area (TPSA) is 139 Å². The van der Waals surface area contributed by atoms with Crippen molar-refractivity contribution in [2.24, 2.45) is 0 Å². The molecule has 1 fully saturated rings. The molecule has 10 nitrogen and oxygen atoms in total. The first-order valence-corrected chi connectivity index (χ1v) is 11.7. The van der Waals surface area contributed by atoms with E-state index >= 15 is 0 Å². The van der Waals surface area contributed by atoms with Crippen LogP contribution in [0, 0.1) is 18.3 Å². The van der Waals surface area contributed by atoms with Gasteiger partial charge in [0.25, 0.3) is 5.91 Å². The number of hydrogen-bond acceptors (Lipinski definition) is 9. The Kier molecular flexibility index (Phi) is 7.83. The molecular formula is C25H26ClN7O3.